The van der Waals surface area contributed by atoms with Crippen LogP contribution in [0.25, 0.3) is 0 Å². The quantitative estimate of drug-likeness (QED) is 0.541. The molecule has 1 N–H and O–H groups in total. The van der Waals surface area contributed by atoms with E-state index in [1.165, 1.54) is 10.5 Å². The van der Waals surface area contributed by atoms with E-state index in [-0.39, 0.29) is 24.4 Å². The van der Waals surface area contributed by atoms with Crippen molar-refractivity contribution in [1.82, 2.24) is 20.1 Å². The fourth-order valence-corrected chi connectivity index (χ4v) is 4.89. The minimum Gasteiger partial charge on any atom is -0.323 e. The van der Waals surface area contributed by atoms with Crippen LogP contribution >= 0.6 is 0 Å². The van der Waals surface area contributed by atoms with E-state index < -0.39 is 5.54 Å². The summed E-state index contributed by atoms with van der Waals surface area (Å²) in [6, 6.07) is 15.8. The van der Waals surface area contributed by atoms with Crippen molar-refractivity contribution in [2.24, 2.45) is 5.92 Å². The lowest BCUT2D eigenvalue weighted by Crippen LogP contribution is -2.56. The third-order valence-electron chi connectivity index (χ3n) is 6.66. The average Bonchev–Trinajstić information content (AvgIpc) is 3.08. The van der Waals surface area contributed by atoms with Gasteiger partial charge in [0.05, 0.1) is 12.2 Å². The van der Waals surface area contributed by atoms with Gasteiger partial charge in [-0.25, -0.2) is 4.79 Å². The lowest BCUT2D eigenvalue weighted by atomic mass is 9.74. The van der Waals surface area contributed by atoms with Gasteiger partial charge in [0.1, 0.15) is 5.54 Å². The van der Waals surface area contributed by atoms with Gasteiger partial charge in [-0.1, -0.05) is 42.3 Å². The first-order chi connectivity index (χ1) is 15.6. The molecule has 0 spiro atoms. The van der Waals surface area contributed by atoms with Crippen molar-refractivity contribution < 1.29 is 9.59 Å². The number of pyridine rings is 1. The Bertz CT molecular complexity index is 991. The molecule has 0 saturated carbocycles. The third kappa shape index (κ3) is 4.68. The maximum Gasteiger partial charge on any atom is 0.325 e. The van der Waals surface area contributed by atoms with E-state index >= 15 is 0 Å². The molecule has 2 saturated heterocycles. The van der Waals surface area contributed by atoms with Gasteiger partial charge in [-0.15, -0.1) is 5.92 Å². The van der Waals surface area contributed by atoms with Crippen molar-refractivity contribution in [2.45, 2.75) is 44.7 Å². The van der Waals surface area contributed by atoms with Crippen molar-refractivity contribution >= 4 is 11.9 Å². The summed E-state index contributed by atoms with van der Waals surface area (Å²) < 4.78 is 0. The Morgan fingerprint density at radius 3 is 2.53 bits per heavy atom. The molecule has 2 aromatic rings. The molecule has 166 valence electrons. The highest BCUT2D eigenvalue weighted by Gasteiger charge is 2.55. The number of benzene rings is 1. The SMILES string of the molecule is CC#CCN1C(=O)N[C@@](CCc2ccccc2)(C2CCN(Cc3ccccn3)CC2)C1=O. The number of aromatic nitrogens is 1. The topological polar surface area (TPSA) is 65.5 Å². The lowest BCUT2D eigenvalue weighted by molar-refractivity contribution is -0.134. The van der Waals surface area contributed by atoms with Gasteiger partial charge in [-0.05, 0) is 69.3 Å². The maximum absolute atomic E-state index is 13.6. The Morgan fingerprint density at radius 2 is 1.84 bits per heavy atom. The number of imide groups is 1. The molecular weight excluding hydrogens is 400 g/mol. The number of hydrogen-bond acceptors (Lipinski definition) is 4. The predicted molar refractivity (Wildman–Crippen MR) is 123 cm³/mol. The van der Waals surface area contributed by atoms with Crippen molar-refractivity contribution in [3.05, 3.63) is 66.0 Å². The molecule has 2 aliphatic rings. The molecule has 2 aliphatic heterocycles. The molecule has 0 bridgehead atoms. The molecule has 0 aliphatic carbocycles. The summed E-state index contributed by atoms with van der Waals surface area (Å²) in [4.78, 5) is 34.5. The number of hydrogen-bond donors (Lipinski definition) is 1. The van der Waals surface area contributed by atoms with E-state index in [4.69, 9.17) is 0 Å². The molecule has 32 heavy (non-hydrogen) atoms. The van der Waals surface area contributed by atoms with Gasteiger partial charge in [-0.2, -0.15) is 0 Å². The second-order valence-corrected chi connectivity index (χ2v) is 8.58. The maximum atomic E-state index is 13.6. The summed E-state index contributed by atoms with van der Waals surface area (Å²) in [6.07, 6.45) is 4.89. The van der Waals surface area contributed by atoms with E-state index in [9.17, 15) is 9.59 Å². The number of rotatable bonds is 7. The second-order valence-electron chi connectivity index (χ2n) is 8.58. The molecule has 3 heterocycles. The van der Waals surface area contributed by atoms with Gasteiger partial charge in [-0.3, -0.25) is 19.6 Å². The number of carbonyl (C=O) groups excluding carboxylic acids is 2. The molecule has 6 heteroatoms. The van der Waals surface area contributed by atoms with Crippen molar-refractivity contribution in [1.29, 1.82) is 0 Å². The van der Waals surface area contributed by atoms with E-state index in [1.807, 2.05) is 42.6 Å². The fourth-order valence-electron chi connectivity index (χ4n) is 4.89. The molecule has 0 unspecified atom stereocenters. The summed E-state index contributed by atoms with van der Waals surface area (Å²) in [5.74, 6) is 5.65. The highest BCUT2D eigenvalue weighted by atomic mass is 16.2. The van der Waals surface area contributed by atoms with Crippen LogP contribution < -0.4 is 5.32 Å². The first-order valence-electron chi connectivity index (χ1n) is 11.3. The molecule has 2 fully saturated rings. The zero-order valence-corrected chi connectivity index (χ0v) is 18.6. The predicted octanol–water partition coefficient (Wildman–Crippen LogP) is 3.24. The highest BCUT2D eigenvalue weighted by molar-refractivity contribution is 6.07. The van der Waals surface area contributed by atoms with Crippen LogP contribution in [0.4, 0.5) is 4.79 Å². The van der Waals surface area contributed by atoms with Crippen LogP contribution in [0.3, 0.4) is 0 Å². The average molecular weight is 431 g/mol. The van der Waals surface area contributed by atoms with Crippen LogP contribution in [-0.2, 0) is 17.8 Å². The van der Waals surface area contributed by atoms with Crippen LogP contribution in [0.1, 0.15) is 37.4 Å². The summed E-state index contributed by atoms with van der Waals surface area (Å²) in [7, 11) is 0. The highest BCUT2D eigenvalue weighted by Crippen LogP contribution is 2.37. The molecule has 0 radical (unpaired) electrons. The Morgan fingerprint density at radius 1 is 1.09 bits per heavy atom. The number of nitrogens with zero attached hydrogens (tertiary/aromatic N) is 3. The van der Waals surface area contributed by atoms with Gasteiger partial charge in [0.2, 0.25) is 0 Å². The van der Waals surface area contributed by atoms with Crippen LogP contribution in [0.15, 0.2) is 54.7 Å². The summed E-state index contributed by atoms with van der Waals surface area (Å²) in [5, 5.41) is 3.12. The largest absolute Gasteiger partial charge is 0.325 e. The van der Waals surface area contributed by atoms with E-state index in [0.29, 0.717) is 6.42 Å². The van der Waals surface area contributed by atoms with Crippen LogP contribution in [0.2, 0.25) is 0 Å². The summed E-state index contributed by atoms with van der Waals surface area (Å²) in [5.41, 5.74) is 1.37. The van der Waals surface area contributed by atoms with E-state index in [2.05, 4.69) is 39.2 Å². The summed E-state index contributed by atoms with van der Waals surface area (Å²) >= 11 is 0. The number of amides is 3. The minimum absolute atomic E-state index is 0.0993. The minimum atomic E-state index is -0.862. The fraction of sp³-hybridized carbons (Fsp3) is 0.423. The Kier molecular flexibility index (Phi) is 6.87. The number of carbonyl (C=O) groups is 2. The van der Waals surface area contributed by atoms with Crippen molar-refractivity contribution in [2.75, 3.05) is 19.6 Å². The molecule has 1 aromatic carbocycles. The lowest BCUT2D eigenvalue weighted by Gasteiger charge is -2.41. The van der Waals surface area contributed by atoms with Gasteiger partial charge >= 0.3 is 6.03 Å². The molecule has 3 amide bonds. The zero-order valence-electron chi connectivity index (χ0n) is 18.6. The summed E-state index contributed by atoms with van der Waals surface area (Å²) in [6.45, 7) is 4.44. The monoisotopic (exact) mass is 430 g/mol. The van der Waals surface area contributed by atoms with Gasteiger partial charge in [0.25, 0.3) is 5.91 Å². The zero-order chi connectivity index (χ0) is 22.4. The van der Waals surface area contributed by atoms with Crippen LogP contribution in [-0.4, -0.2) is 51.9 Å². The molecular formula is C26H30N4O2. The smallest absolute Gasteiger partial charge is 0.323 e. The first kappa shape index (κ1) is 22.0. The van der Waals surface area contributed by atoms with E-state index in [1.54, 1.807) is 6.92 Å². The number of likely N-dealkylation sites (tertiary alicyclic amines) is 1. The molecule has 1 aromatic heterocycles. The Labute approximate surface area is 190 Å². The van der Waals surface area contributed by atoms with Crippen molar-refractivity contribution in [3.8, 4) is 11.8 Å². The Balaban J connectivity index is 1.50. The van der Waals surface area contributed by atoms with Gasteiger partial charge < -0.3 is 5.32 Å². The Hall–Kier alpha value is -3.17. The normalized spacial score (nSPS) is 21.8. The third-order valence-corrected chi connectivity index (χ3v) is 6.66. The van der Waals surface area contributed by atoms with E-state index in [0.717, 1.165) is 44.6 Å². The second kappa shape index (κ2) is 9.97. The van der Waals surface area contributed by atoms with Crippen LogP contribution in [0.5, 0.6) is 0 Å². The number of urea groups is 1. The molecule has 1 atom stereocenters. The number of piperidine rings is 1. The standard InChI is InChI=1S/C26H30N4O2/c1-2-3-17-30-24(31)26(28-25(30)32,15-12-21-9-5-4-6-10-21)22-13-18-29(19-14-22)20-23-11-7-8-16-27-23/h4-11,16,22H,12-15,17-20H2,1H3,(H,28,32)/t26-/m0/s1. The first-order valence-corrected chi connectivity index (χ1v) is 11.3. The van der Waals surface area contributed by atoms with Gasteiger partial charge in [0.15, 0.2) is 0 Å². The van der Waals surface area contributed by atoms with Gasteiger partial charge in [0, 0.05) is 12.7 Å². The van der Waals surface area contributed by atoms with Crippen molar-refractivity contribution in [3.63, 3.8) is 0 Å². The molecule has 6 nitrogen and oxygen atoms in total. The number of nitrogens with one attached hydrogen (secondary N) is 1. The molecule has 4 rings (SSSR count). The number of aryl methyl sites for hydroxylation is 1. The van der Waals surface area contributed by atoms with Crippen LogP contribution in [0, 0.1) is 17.8 Å².